The molecule has 60 valence electrons. The Morgan fingerprint density at radius 2 is 1.90 bits per heavy atom. The molecule has 10 heavy (non-hydrogen) atoms. The summed E-state index contributed by atoms with van der Waals surface area (Å²) < 4.78 is 5.49. The van der Waals surface area contributed by atoms with E-state index in [1.165, 1.54) is 12.8 Å². The highest BCUT2D eigenvalue weighted by molar-refractivity contribution is 4.86. The van der Waals surface area contributed by atoms with Gasteiger partial charge in [-0.05, 0) is 25.2 Å². The zero-order valence-electron chi connectivity index (χ0n) is 7.53. The second kappa shape index (κ2) is 2.23. The van der Waals surface area contributed by atoms with E-state index in [0.717, 1.165) is 6.61 Å². The van der Waals surface area contributed by atoms with E-state index in [0.29, 0.717) is 5.41 Å². The summed E-state index contributed by atoms with van der Waals surface area (Å²) in [7, 11) is 0. The van der Waals surface area contributed by atoms with Gasteiger partial charge in [0.15, 0.2) is 0 Å². The fourth-order valence-corrected chi connectivity index (χ4v) is 1.71. The van der Waals surface area contributed by atoms with Crippen molar-refractivity contribution in [3.63, 3.8) is 0 Å². The Morgan fingerprint density at radius 1 is 1.40 bits per heavy atom. The van der Waals surface area contributed by atoms with Crippen LogP contribution in [0.5, 0.6) is 0 Å². The molecular formula is C9H18O. The first-order valence-corrected chi connectivity index (χ1v) is 4.05. The lowest BCUT2D eigenvalue weighted by atomic mass is 9.79. The van der Waals surface area contributed by atoms with E-state index in [1.807, 2.05) is 0 Å². The lowest BCUT2D eigenvalue weighted by Crippen LogP contribution is -2.43. The predicted octanol–water partition coefficient (Wildman–Crippen LogP) is 2.60. The zero-order valence-corrected chi connectivity index (χ0v) is 7.53. The molecule has 0 aromatic rings. The van der Waals surface area contributed by atoms with Crippen molar-refractivity contribution in [2.75, 3.05) is 6.61 Å². The second-order valence-corrected chi connectivity index (χ2v) is 4.79. The number of hydrogen-bond acceptors (Lipinski definition) is 1. The van der Waals surface area contributed by atoms with Crippen molar-refractivity contribution in [1.29, 1.82) is 0 Å². The Balaban J connectivity index is 2.37. The molecule has 1 nitrogen and oxygen atoms in total. The van der Waals surface area contributed by atoms with Gasteiger partial charge in [-0.2, -0.15) is 0 Å². The average Bonchev–Trinajstić information content (AvgIpc) is 1.57. The van der Waals surface area contributed by atoms with Crippen LogP contribution in [0.1, 0.15) is 40.5 Å². The van der Waals surface area contributed by atoms with E-state index in [-0.39, 0.29) is 5.60 Å². The lowest BCUT2D eigenvalue weighted by molar-refractivity contribution is -0.151. The first kappa shape index (κ1) is 8.06. The smallest absolute Gasteiger partial charge is 0.0681 e. The van der Waals surface area contributed by atoms with E-state index in [4.69, 9.17) is 4.74 Å². The van der Waals surface area contributed by atoms with Crippen LogP contribution in [-0.2, 0) is 4.74 Å². The van der Waals surface area contributed by atoms with Gasteiger partial charge in [-0.15, -0.1) is 0 Å². The minimum absolute atomic E-state index is 0.207. The molecule has 1 aliphatic heterocycles. The summed E-state index contributed by atoms with van der Waals surface area (Å²) >= 11 is 0. The number of hydrogen-bond donors (Lipinski definition) is 0. The van der Waals surface area contributed by atoms with Gasteiger partial charge in [0.25, 0.3) is 0 Å². The summed E-state index contributed by atoms with van der Waals surface area (Å²) in [5, 5.41) is 0. The maximum atomic E-state index is 5.49. The number of rotatable bonds is 1. The van der Waals surface area contributed by atoms with Crippen LogP contribution in [0.3, 0.4) is 0 Å². The molecule has 1 atom stereocenters. The number of ether oxygens (including phenoxy) is 1. The van der Waals surface area contributed by atoms with Gasteiger partial charge < -0.3 is 4.74 Å². The quantitative estimate of drug-likeness (QED) is 0.547. The third kappa shape index (κ3) is 1.98. The van der Waals surface area contributed by atoms with Gasteiger partial charge in [0.05, 0.1) is 12.2 Å². The molecule has 1 aliphatic rings. The van der Waals surface area contributed by atoms with Crippen LogP contribution in [0.25, 0.3) is 0 Å². The molecule has 1 fully saturated rings. The molecule has 0 N–H and O–H groups in total. The summed E-state index contributed by atoms with van der Waals surface area (Å²) in [6.07, 6.45) is 2.42. The molecule has 0 spiro atoms. The van der Waals surface area contributed by atoms with Crippen molar-refractivity contribution in [2.45, 2.75) is 46.1 Å². The van der Waals surface area contributed by atoms with Crippen molar-refractivity contribution in [2.24, 2.45) is 5.41 Å². The lowest BCUT2D eigenvalue weighted by Gasteiger charge is -2.42. The van der Waals surface area contributed by atoms with Crippen molar-refractivity contribution >= 4 is 0 Å². The SMILES string of the molecule is CC(C)(C)CC1(C)CCO1. The standard InChI is InChI=1S/C9H18O/c1-8(2,3)7-9(4)5-6-10-9/h5-7H2,1-4H3. The molecule has 1 saturated heterocycles. The highest BCUT2D eigenvalue weighted by Gasteiger charge is 2.36. The van der Waals surface area contributed by atoms with E-state index in [1.54, 1.807) is 0 Å². The predicted molar refractivity (Wildman–Crippen MR) is 43.0 cm³/mol. The molecule has 0 aliphatic carbocycles. The molecule has 0 radical (unpaired) electrons. The van der Waals surface area contributed by atoms with Crippen LogP contribution < -0.4 is 0 Å². The van der Waals surface area contributed by atoms with E-state index in [9.17, 15) is 0 Å². The van der Waals surface area contributed by atoms with Gasteiger partial charge in [0, 0.05) is 0 Å². The summed E-state index contributed by atoms with van der Waals surface area (Å²) in [6, 6.07) is 0. The van der Waals surface area contributed by atoms with Crippen molar-refractivity contribution in [3.05, 3.63) is 0 Å². The maximum absolute atomic E-state index is 5.49. The second-order valence-electron chi connectivity index (χ2n) is 4.79. The molecule has 0 aromatic heterocycles. The van der Waals surface area contributed by atoms with Crippen LogP contribution in [0.2, 0.25) is 0 Å². The molecule has 1 heteroatoms. The first-order valence-electron chi connectivity index (χ1n) is 4.05. The Kier molecular flexibility index (Phi) is 1.80. The van der Waals surface area contributed by atoms with Gasteiger partial charge in [-0.25, -0.2) is 0 Å². The van der Waals surface area contributed by atoms with Gasteiger partial charge in [0.2, 0.25) is 0 Å². The Hall–Kier alpha value is -0.0400. The van der Waals surface area contributed by atoms with E-state index >= 15 is 0 Å². The fraction of sp³-hybridized carbons (Fsp3) is 1.00. The summed E-state index contributed by atoms with van der Waals surface area (Å²) in [5.74, 6) is 0. The van der Waals surface area contributed by atoms with E-state index in [2.05, 4.69) is 27.7 Å². The molecule has 1 unspecified atom stereocenters. The minimum Gasteiger partial charge on any atom is -0.375 e. The van der Waals surface area contributed by atoms with Crippen LogP contribution in [0.4, 0.5) is 0 Å². The van der Waals surface area contributed by atoms with Gasteiger partial charge in [-0.1, -0.05) is 20.8 Å². The van der Waals surface area contributed by atoms with Crippen molar-refractivity contribution in [1.82, 2.24) is 0 Å². The van der Waals surface area contributed by atoms with Crippen molar-refractivity contribution < 1.29 is 4.74 Å². The third-order valence-electron chi connectivity index (χ3n) is 1.99. The fourth-order valence-electron chi connectivity index (χ4n) is 1.71. The molecule has 1 rings (SSSR count). The first-order chi connectivity index (χ1) is 4.41. The van der Waals surface area contributed by atoms with Crippen LogP contribution >= 0.6 is 0 Å². The van der Waals surface area contributed by atoms with Gasteiger partial charge >= 0.3 is 0 Å². The van der Waals surface area contributed by atoms with Crippen molar-refractivity contribution in [3.8, 4) is 0 Å². The Labute approximate surface area is 63.8 Å². The molecular weight excluding hydrogens is 124 g/mol. The summed E-state index contributed by atoms with van der Waals surface area (Å²) in [6.45, 7) is 9.97. The topological polar surface area (TPSA) is 9.23 Å². The van der Waals surface area contributed by atoms with Crippen LogP contribution in [0, 0.1) is 5.41 Å². The normalized spacial score (nSPS) is 33.6. The third-order valence-corrected chi connectivity index (χ3v) is 1.99. The maximum Gasteiger partial charge on any atom is 0.0681 e. The molecule has 1 heterocycles. The Bertz CT molecular complexity index is 117. The largest absolute Gasteiger partial charge is 0.375 e. The zero-order chi connectivity index (χ0) is 7.83. The Morgan fingerprint density at radius 3 is 2.00 bits per heavy atom. The summed E-state index contributed by atoms with van der Waals surface area (Å²) in [4.78, 5) is 0. The van der Waals surface area contributed by atoms with Gasteiger partial charge in [-0.3, -0.25) is 0 Å². The van der Waals surface area contributed by atoms with Crippen LogP contribution in [0.15, 0.2) is 0 Å². The monoisotopic (exact) mass is 142 g/mol. The summed E-state index contributed by atoms with van der Waals surface area (Å²) in [5.41, 5.74) is 0.618. The molecule has 0 amide bonds. The highest BCUT2D eigenvalue weighted by Crippen LogP contribution is 2.37. The molecule has 0 saturated carbocycles. The molecule has 0 bridgehead atoms. The highest BCUT2D eigenvalue weighted by atomic mass is 16.5. The van der Waals surface area contributed by atoms with Crippen LogP contribution in [-0.4, -0.2) is 12.2 Å². The van der Waals surface area contributed by atoms with E-state index < -0.39 is 0 Å². The minimum atomic E-state index is 0.207. The molecule has 0 aromatic carbocycles. The van der Waals surface area contributed by atoms with Gasteiger partial charge in [0.1, 0.15) is 0 Å². The average molecular weight is 142 g/mol.